The Bertz CT molecular complexity index is 321. The van der Waals surface area contributed by atoms with Gasteiger partial charge in [-0.3, -0.25) is 0 Å². The minimum atomic E-state index is -1.10. The number of carboxylic acid groups (broad SMARTS) is 1. The molecule has 0 saturated carbocycles. The Labute approximate surface area is 81.1 Å². The summed E-state index contributed by atoms with van der Waals surface area (Å²) in [6.45, 7) is 4.00. The fraction of sp³-hybridized carbons (Fsp3) is 0.222. The smallest absolute Gasteiger partial charge is 0.356 e. The van der Waals surface area contributed by atoms with Crippen LogP contribution in [0.15, 0.2) is 25.0 Å². The number of nitrogens with zero attached hydrogens (tertiary/aromatic N) is 2. The first-order chi connectivity index (χ1) is 6.74. The molecule has 5 heteroatoms. The molecule has 0 aromatic carbocycles. The molecular weight excluding hydrogens is 184 g/mol. The lowest BCUT2D eigenvalue weighted by Gasteiger charge is -2.01. The Morgan fingerprint density at radius 1 is 1.57 bits per heavy atom. The normalized spacial score (nSPS) is 9.43. The quantitative estimate of drug-likeness (QED) is 0.561. The highest BCUT2D eigenvalue weighted by Gasteiger charge is 2.04. The van der Waals surface area contributed by atoms with E-state index in [0.717, 1.165) is 6.20 Å². The van der Waals surface area contributed by atoms with Crippen molar-refractivity contribution in [3.8, 4) is 5.88 Å². The molecule has 5 nitrogen and oxygen atoms in total. The molecule has 1 rings (SSSR count). The average molecular weight is 194 g/mol. The van der Waals surface area contributed by atoms with Gasteiger partial charge in [0.15, 0.2) is 5.69 Å². The molecule has 0 amide bonds. The Kier molecular flexibility index (Phi) is 3.60. The lowest BCUT2D eigenvalue weighted by atomic mass is 10.4. The van der Waals surface area contributed by atoms with Crippen molar-refractivity contribution in [2.24, 2.45) is 0 Å². The van der Waals surface area contributed by atoms with Crippen molar-refractivity contribution in [2.75, 3.05) is 6.61 Å². The highest BCUT2D eigenvalue weighted by molar-refractivity contribution is 5.84. The van der Waals surface area contributed by atoms with Gasteiger partial charge in [0.1, 0.15) is 0 Å². The number of rotatable bonds is 5. The van der Waals surface area contributed by atoms with Gasteiger partial charge in [-0.05, 0) is 6.42 Å². The van der Waals surface area contributed by atoms with Crippen molar-refractivity contribution >= 4 is 5.97 Å². The monoisotopic (exact) mass is 194 g/mol. The molecule has 0 aliphatic rings. The van der Waals surface area contributed by atoms with E-state index in [-0.39, 0.29) is 5.69 Å². The van der Waals surface area contributed by atoms with E-state index >= 15 is 0 Å². The van der Waals surface area contributed by atoms with Gasteiger partial charge < -0.3 is 9.84 Å². The molecule has 0 unspecified atom stereocenters. The van der Waals surface area contributed by atoms with Gasteiger partial charge in [-0.15, -0.1) is 6.58 Å². The third kappa shape index (κ3) is 2.85. The van der Waals surface area contributed by atoms with Gasteiger partial charge >= 0.3 is 5.97 Å². The number of aromatic carboxylic acids is 1. The second-order valence-electron chi connectivity index (χ2n) is 2.47. The van der Waals surface area contributed by atoms with Crippen LogP contribution in [0.5, 0.6) is 5.88 Å². The lowest BCUT2D eigenvalue weighted by molar-refractivity contribution is 0.0690. The maximum Gasteiger partial charge on any atom is 0.356 e. The number of hydrogen-bond donors (Lipinski definition) is 1. The Balaban J connectivity index is 2.55. The molecule has 1 N–H and O–H groups in total. The second-order valence-corrected chi connectivity index (χ2v) is 2.47. The van der Waals surface area contributed by atoms with Gasteiger partial charge in [-0.1, -0.05) is 6.08 Å². The SMILES string of the molecule is C=CCCOc1cnc(C(=O)O)cn1. The summed E-state index contributed by atoms with van der Waals surface area (Å²) >= 11 is 0. The summed E-state index contributed by atoms with van der Waals surface area (Å²) in [4.78, 5) is 17.8. The van der Waals surface area contributed by atoms with Crippen LogP contribution < -0.4 is 4.74 Å². The highest BCUT2D eigenvalue weighted by Crippen LogP contribution is 2.04. The van der Waals surface area contributed by atoms with Crippen molar-refractivity contribution in [3.63, 3.8) is 0 Å². The molecule has 1 aromatic rings. The molecule has 0 aliphatic carbocycles. The fourth-order valence-corrected chi connectivity index (χ4v) is 0.748. The van der Waals surface area contributed by atoms with E-state index < -0.39 is 5.97 Å². The third-order valence-corrected chi connectivity index (χ3v) is 1.42. The average Bonchev–Trinajstić information content (AvgIpc) is 2.19. The van der Waals surface area contributed by atoms with Crippen molar-refractivity contribution < 1.29 is 14.6 Å². The molecule has 0 saturated heterocycles. The van der Waals surface area contributed by atoms with E-state index in [2.05, 4.69) is 16.5 Å². The number of hydrogen-bond acceptors (Lipinski definition) is 4. The third-order valence-electron chi connectivity index (χ3n) is 1.42. The van der Waals surface area contributed by atoms with Crippen LogP contribution in [0.1, 0.15) is 16.9 Å². The van der Waals surface area contributed by atoms with Crippen LogP contribution in [-0.4, -0.2) is 27.7 Å². The Hall–Kier alpha value is -1.91. The summed E-state index contributed by atoms with van der Waals surface area (Å²) in [6.07, 6.45) is 4.87. The highest BCUT2D eigenvalue weighted by atomic mass is 16.5. The maximum absolute atomic E-state index is 10.4. The first-order valence-corrected chi connectivity index (χ1v) is 4.03. The van der Waals surface area contributed by atoms with Crippen molar-refractivity contribution in [2.45, 2.75) is 6.42 Å². The molecule has 1 aromatic heterocycles. The predicted molar refractivity (Wildman–Crippen MR) is 49.3 cm³/mol. The van der Waals surface area contributed by atoms with Crippen LogP contribution in [0.3, 0.4) is 0 Å². The molecule has 1 heterocycles. The van der Waals surface area contributed by atoms with Crippen molar-refractivity contribution in [1.29, 1.82) is 0 Å². The summed E-state index contributed by atoms with van der Waals surface area (Å²) in [7, 11) is 0. The summed E-state index contributed by atoms with van der Waals surface area (Å²) < 4.78 is 5.14. The largest absolute Gasteiger partial charge is 0.476 e. The number of ether oxygens (including phenoxy) is 1. The summed E-state index contributed by atoms with van der Waals surface area (Å²) in [5.74, 6) is -0.785. The minimum Gasteiger partial charge on any atom is -0.476 e. The summed E-state index contributed by atoms with van der Waals surface area (Å²) in [5.41, 5.74) is -0.0962. The zero-order valence-corrected chi connectivity index (χ0v) is 7.51. The predicted octanol–water partition coefficient (Wildman–Crippen LogP) is 1.13. The summed E-state index contributed by atoms with van der Waals surface area (Å²) in [5, 5.41) is 8.53. The van der Waals surface area contributed by atoms with Crippen LogP contribution in [0.25, 0.3) is 0 Å². The van der Waals surface area contributed by atoms with Gasteiger partial charge in [0, 0.05) is 0 Å². The molecule has 14 heavy (non-hydrogen) atoms. The first-order valence-electron chi connectivity index (χ1n) is 4.03. The molecule has 0 atom stereocenters. The standard InChI is InChI=1S/C9H10N2O3/c1-2-3-4-14-8-6-10-7(5-11-8)9(12)13/h2,5-6H,1,3-4H2,(H,12,13). The van der Waals surface area contributed by atoms with E-state index in [1.807, 2.05) is 0 Å². The zero-order chi connectivity index (χ0) is 10.4. The first kappa shape index (κ1) is 10.2. The van der Waals surface area contributed by atoms with E-state index in [4.69, 9.17) is 9.84 Å². The topological polar surface area (TPSA) is 72.3 Å². The van der Waals surface area contributed by atoms with Gasteiger partial charge in [-0.2, -0.15) is 0 Å². The van der Waals surface area contributed by atoms with Gasteiger partial charge in [0.2, 0.25) is 5.88 Å². The number of carboxylic acids is 1. The van der Waals surface area contributed by atoms with E-state index in [1.165, 1.54) is 6.20 Å². The minimum absolute atomic E-state index is 0.0962. The Morgan fingerprint density at radius 2 is 2.36 bits per heavy atom. The van der Waals surface area contributed by atoms with Crippen LogP contribution in [0, 0.1) is 0 Å². The second kappa shape index (κ2) is 4.96. The van der Waals surface area contributed by atoms with E-state index in [1.54, 1.807) is 6.08 Å². The molecule has 0 radical (unpaired) electrons. The van der Waals surface area contributed by atoms with Crippen LogP contribution in [-0.2, 0) is 0 Å². The molecule has 0 bridgehead atoms. The number of carbonyl (C=O) groups is 1. The van der Waals surface area contributed by atoms with Crippen LogP contribution in [0.2, 0.25) is 0 Å². The number of aromatic nitrogens is 2. The van der Waals surface area contributed by atoms with Crippen molar-refractivity contribution in [3.05, 3.63) is 30.7 Å². The zero-order valence-electron chi connectivity index (χ0n) is 7.51. The molecule has 0 spiro atoms. The van der Waals surface area contributed by atoms with Crippen LogP contribution >= 0.6 is 0 Å². The van der Waals surface area contributed by atoms with Crippen molar-refractivity contribution in [1.82, 2.24) is 9.97 Å². The van der Waals surface area contributed by atoms with E-state index in [0.29, 0.717) is 18.9 Å². The Morgan fingerprint density at radius 3 is 2.86 bits per heavy atom. The molecule has 74 valence electrons. The molecular formula is C9H10N2O3. The summed E-state index contributed by atoms with van der Waals surface area (Å²) in [6, 6.07) is 0. The maximum atomic E-state index is 10.4. The van der Waals surface area contributed by atoms with Gasteiger partial charge in [-0.25, -0.2) is 14.8 Å². The lowest BCUT2D eigenvalue weighted by Crippen LogP contribution is -2.03. The van der Waals surface area contributed by atoms with Gasteiger partial charge in [0.25, 0.3) is 0 Å². The van der Waals surface area contributed by atoms with Gasteiger partial charge in [0.05, 0.1) is 19.0 Å². The van der Waals surface area contributed by atoms with Crippen LogP contribution in [0.4, 0.5) is 0 Å². The fourth-order valence-electron chi connectivity index (χ4n) is 0.748. The van der Waals surface area contributed by atoms with E-state index in [9.17, 15) is 4.79 Å². The molecule has 0 fully saturated rings. The molecule has 0 aliphatic heterocycles.